The van der Waals surface area contributed by atoms with E-state index in [0.717, 1.165) is 23.0 Å². The fourth-order valence-corrected chi connectivity index (χ4v) is 4.89. The molecule has 2 aliphatic heterocycles. The predicted octanol–water partition coefficient (Wildman–Crippen LogP) is 2.86. The van der Waals surface area contributed by atoms with Gasteiger partial charge in [-0.2, -0.15) is 5.10 Å². The molecule has 1 fully saturated rings. The molecule has 35 heavy (non-hydrogen) atoms. The Bertz CT molecular complexity index is 1290. The second-order valence-corrected chi connectivity index (χ2v) is 9.39. The first-order valence-electron chi connectivity index (χ1n) is 11.2. The predicted molar refractivity (Wildman–Crippen MR) is 133 cm³/mol. The van der Waals surface area contributed by atoms with Crippen LogP contribution in [0.5, 0.6) is 0 Å². The van der Waals surface area contributed by atoms with Crippen LogP contribution in [0.15, 0.2) is 46.8 Å². The monoisotopic (exact) mass is 495 g/mol. The SMILES string of the molecule is Cc1cc(-c2csc(Nc3ccc(C(=O)N4CCN(C5=NC=C(F)CN5C)CC4)cn3)n2)n(C)n1. The van der Waals surface area contributed by atoms with E-state index in [2.05, 4.69) is 30.3 Å². The lowest BCUT2D eigenvalue weighted by Crippen LogP contribution is -2.54. The van der Waals surface area contributed by atoms with E-state index in [1.165, 1.54) is 17.5 Å². The van der Waals surface area contributed by atoms with E-state index in [9.17, 15) is 9.18 Å². The minimum Gasteiger partial charge on any atom is -0.339 e. The summed E-state index contributed by atoms with van der Waals surface area (Å²) in [5.41, 5.74) is 3.27. The van der Waals surface area contributed by atoms with Gasteiger partial charge in [-0.25, -0.2) is 19.4 Å². The van der Waals surface area contributed by atoms with Crippen molar-refractivity contribution in [2.75, 3.05) is 45.1 Å². The van der Waals surface area contributed by atoms with Gasteiger partial charge in [0.1, 0.15) is 17.3 Å². The Balaban J connectivity index is 1.18. The number of amides is 1. The number of nitrogens with zero attached hydrogens (tertiary/aromatic N) is 8. The molecule has 1 saturated heterocycles. The molecule has 2 aliphatic rings. The van der Waals surface area contributed by atoms with E-state index in [-0.39, 0.29) is 18.3 Å². The maximum Gasteiger partial charge on any atom is 0.255 e. The highest BCUT2D eigenvalue weighted by molar-refractivity contribution is 7.14. The summed E-state index contributed by atoms with van der Waals surface area (Å²) in [6.45, 7) is 4.57. The minimum atomic E-state index is -0.255. The molecule has 12 heteroatoms. The molecule has 182 valence electrons. The van der Waals surface area contributed by atoms with Crippen LogP contribution in [0.2, 0.25) is 0 Å². The number of aromatic nitrogens is 4. The van der Waals surface area contributed by atoms with E-state index in [1.807, 2.05) is 42.0 Å². The molecule has 3 aromatic heterocycles. The van der Waals surface area contributed by atoms with Crippen molar-refractivity contribution in [1.29, 1.82) is 0 Å². The maximum absolute atomic E-state index is 13.4. The number of anilines is 2. The molecule has 5 rings (SSSR count). The number of likely N-dealkylation sites (N-methyl/N-ethyl adjacent to an activating group) is 1. The van der Waals surface area contributed by atoms with Crippen LogP contribution in [0.3, 0.4) is 0 Å². The van der Waals surface area contributed by atoms with E-state index >= 15 is 0 Å². The zero-order chi connectivity index (χ0) is 24.5. The van der Waals surface area contributed by atoms with Gasteiger partial charge in [0.2, 0.25) is 5.96 Å². The van der Waals surface area contributed by atoms with Gasteiger partial charge in [-0.3, -0.25) is 9.48 Å². The summed E-state index contributed by atoms with van der Waals surface area (Å²) in [5.74, 6) is 1.04. The third-order valence-corrected chi connectivity index (χ3v) is 6.67. The number of aliphatic imine (C=N–C) groups is 1. The highest BCUT2D eigenvalue weighted by Gasteiger charge is 2.27. The van der Waals surface area contributed by atoms with Crippen LogP contribution >= 0.6 is 11.3 Å². The van der Waals surface area contributed by atoms with Gasteiger partial charge in [0.25, 0.3) is 5.91 Å². The van der Waals surface area contributed by atoms with Crippen molar-refractivity contribution >= 4 is 34.2 Å². The number of aryl methyl sites for hydroxylation is 2. The molecule has 0 radical (unpaired) electrons. The Hall–Kier alpha value is -3.80. The van der Waals surface area contributed by atoms with Gasteiger partial charge in [-0.15, -0.1) is 11.3 Å². The molecule has 0 aliphatic carbocycles. The lowest BCUT2D eigenvalue weighted by molar-refractivity contribution is 0.0684. The van der Waals surface area contributed by atoms with Crippen molar-refractivity contribution in [3.63, 3.8) is 0 Å². The summed E-state index contributed by atoms with van der Waals surface area (Å²) in [5, 5.41) is 10.3. The van der Waals surface area contributed by atoms with E-state index < -0.39 is 0 Å². The highest BCUT2D eigenvalue weighted by atomic mass is 32.1. The Labute approximate surface area is 206 Å². The lowest BCUT2D eigenvalue weighted by atomic mass is 10.2. The third-order valence-electron chi connectivity index (χ3n) is 5.91. The van der Waals surface area contributed by atoms with Crippen LogP contribution in [-0.4, -0.2) is 86.1 Å². The molecule has 0 atom stereocenters. The standard InChI is InChI=1S/C23H26FN9OS/c1-15-10-19(31(3)29-15)18-14-35-22(27-18)28-20-5-4-16(11-25-20)21(34)32-6-8-33(9-7-32)23-26-12-17(24)13-30(23)2/h4-5,10-12,14H,6-9,13H2,1-3H3,(H,25,27,28). The molecule has 0 saturated carbocycles. The minimum absolute atomic E-state index is 0.0586. The summed E-state index contributed by atoms with van der Waals surface area (Å²) >= 11 is 1.48. The lowest BCUT2D eigenvalue weighted by Gasteiger charge is -2.39. The quantitative estimate of drug-likeness (QED) is 0.595. The van der Waals surface area contributed by atoms with Crippen molar-refractivity contribution < 1.29 is 9.18 Å². The largest absolute Gasteiger partial charge is 0.339 e. The normalized spacial score (nSPS) is 16.3. The average Bonchev–Trinajstić information content (AvgIpc) is 3.44. The van der Waals surface area contributed by atoms with Crippen molar-refractivity contribution in [3.05, 3.63) is 53.1 Å². The van der Waals surface area contributed by atoms with Gasteiger partial charge < -0.3 is 20.0 Å². The Morgan fingerprint density at radius 2 is 1.97 bits per heavy atom. The summed E-state index contributed by atoms with van der Waals surface area (Å²) in [7, 11) is 3.71. The van der Waals surface area contributed by atoms with Crippen LogP contribution in [0.25, 0.3) is 11.4 Å². The Kier molecular flexibility index (Phi) is 6.20. The van der Waals surface area contributed by atoms with Crippen LogP contribution in [0, 0.1) is 6.92 Å². The zero-order valence-electron chi connectivity index (χ0n) is 19.8. The number of halogens is 1. The van der Waals surface area contributed by atoms with Gasteiger partial charge in [0.05, 0.1) is 29.7 Å². The summed E-state index contributed by atoms with van der Waals surface area (Å²) < 4.78 is 15.2. The van der Waals surface area contributed by atoms with E-state index in [4.69, 9.17) is 0 Å². The van der Waals surface area contributed by atoms with Crippen LogP contribution in [-0.2, 0) is 7.05 Å². The fraction of sp³-hybridized carbons (Fsp3) is 0.348. The zero-order valence-corrected chi connectivity index (χ0v) is 20.6. The number of carbonyl (C=O) groups is 1. The van der Waals surface area contributed by atoms with Gasteiger partial charge >= 0.3 is 0 Å². The second kappa shape index (κ2) is 9.45. The average molecular weight is 496 g/mol. The van der Waals surface area contributed by atoms with Crippen molar-refractivity contribution in [2.24, 2.45) is 12.0 Å². The number of rotatable bonds is 4. The highest BCUT2D eigenvalue weighted by Crippen LogP contribution is 2.27. The topological polar surface area (TPSA) is 94.8 Å². The maximum atomic E-state index is 13.4. The number of carbonyl (C=O) groups excluding carboxylic acids is 1. The van der Waals surface area contributed by atoms with Gasteiger partial charge in [-0.05, 0) is 25.1 Å². The molecule has 3 aromatic rings. The number of hydrogen-bond donors (Lipinski definition) is 1. The Morgan fingerprint density at radius 3 is 2.63 bits per heavy atom. The summed E-state index contributed by atoms with van der Waals surface area (Å²) in [6, 6.07) is 5.55. The number of nitrogens with one attached hydrogen (secondary N) is 1. The van der Waals surface area contributed by atoms with Gasteiger partial charge in [0, 0.05) is 51.9 Å². The molecule has 0 spiro atoms. The first-order valence-corrected chi connectivity index (χ1v) is 12.1. The number of piperazine rings is 1. The molecule has 0 bridgehead atoms. The Morgan fingerprint density at radius 1 is 1.17 bits per heavy atom. The summed E-state index contributed by atoms with van der Waals surface area (Å²) in [6.07, 6.45) is 2.85. The van der Waals surface area contributed by atoms with Crippen LogP contribution < -0.4 is 5.32 Å². The van der Waals surface area contributed by atoms with E-state index in [1.54, 1.807) is 23.2 Å². The fourth-order valence-electron chi connectivity index (χ4n) is 4.18. The first-order chi connectivity index (χ1) is 16.9. The molecule has 0 unspecified atom stereocenters. The molecule has 5 heterocycles. The van der Waals surface area contributed by atoms with Crippen LogP contribution in [0.1, 0.15) is 16.1 Å². The number of hydrogen-bond acceptors (Lipinski definition) is 9. The molecular formula is C23H26FN9OS. The number of thiazole rings is 1. The molecular weight excluding hydrogens is 469 g/mol. The number of pyridine rings is 1. The second-order valence-electron chi connectivity index (χ2n) is 8.53. The van der Waals surface area contributed by atoms with E-state index in [0.29, 0.717) is 42.7 Å². The van der Waals surface area contributed by atoms with Crippen LogP contribution in [0.4, 0.5) is 15.3 Å². The first kappa shape index (κ1) is 23.0. The summed E-state index contributed by atoms with van der Waals surface area (Å²) in [4.78, 5) is 31.9. The van der Waals surface area contributed by atoms with Crippen molar-refractivity contribution in [2.45, 2.75) is 6.92 Å². The molecule has 1 amide bonds. The number of guanidine groups is 1. The third kappa shape index (κ3) is 4.87. The van der Waals surface area contributed by atoms with Crippen molar-refractivity contribution in [3.8, 4) is 11.4 Å². The molecule has 10 nitrogen and oxygen atoms in total. The van der Waals surface area contributed by atoms with Gasteiger partial charge in [0.15, 0.2) is 5.13 Å². The van der Waals surface area contributed by atoms with Gasteiger partial charge in [-0.1, -0.05) is 0 Å². The molecule has 1 N–H and O–H groups in total. The van der Waals surface area contributed by atoms with Crippen molar-refractivity contribution in [1.82, 2.24) is 34.4 Å². The molecule has 0 aromatic carbocycles. The smallest absolute Gasteiger partial charge is 0.255 e.